The van der Waals surface area contributed by atoms with Crippen LogP contribution >= 0.6 is 0 Å². The molecular weight excluding hydrogens is 276 g/mol. The summed E-state index contributed by atoms with van der Waals surface area (Å²) in [5.74, 6) is 0. The van der Waals surface area contributed by atoms with E-state index in [1.807, 2.05) is 36.4 Å². The first-order valence-corrected chi connectivity index (χ1v) is 6.79. The van der Waals surface area contributed by atoms with Crippen molar-refractivity contribution in [2.75, 3.05) is 5.43 Å². The van der Waals surface area contributed by atoms with Crippen LogP contribution in [0.2, 0.25) is 0 Å². The fourth-order valence-electron chi connectivity index (χ4n) is 2.27. The number of hydrogen-bond donors (Lipinski definition) is 3. The summed E-state index contributed by atoms with van der Waals surface area (Å²) < 4.78 is 0. The first-order chi connectivity index (χ1) is 10.8. The topological polar surface area (TPSA) is 77.3 Å². The molecule has 0 aliphatic rings. The smallest absolute Gasteiger partial charge is 0.297 e. The molecule has 0 aromatic heterocycles. The molecule has 3 aromatic rings. The number of rotatable bonds is 3. The standard InChI is InChI=1S/C17H14N4O/c18-19-17(22)21-20-16-9-7-13(8-10-16)15-6-5-12-3-1-2-4-14(12)11-15/h1-11,18,20H,(H,21,22). The molecule has 0 aliphatic heterocycles. The molecule has 22 heavy (non-hydrogen) atoms. The van der Waals surface area contributed by atoms with Gasteiger partial charge in [-0.25, -0.2) is 10.2 Å². The van der Waals surface area contributed by atoms with Crippen molar-refractivity contribution in [2.24, 2.45) is 5.11 Å². The van der Waals surface area contributed by atoms with Crippen LogP contribution in [0, 0.1) is 5.53 Å². The number of nitrogens with one attached hydrogen (secondary N) is 3. The summed E-state index contributed by atoms with van der Waals surface area (Å²) in [6.45, 7) is 0. The van der Waals surface area contributed by atoms with Crippen LogP contribution in [0.4, 0.5) is 10.5 Å². The van der Waals surface area contributed by atoms with Gasteiger partial charge in [-0.15, -0.1) is 0 Å². The minimum absolute atomic E-state index is 0.724. The second kappa shape index (κ2) is 6.05. The zero-order valence-corrected chi connectivity index (χ0v) is 11.7. The van der Waals surface area contributed by atoms with E-state index in [0.717, 1.165) is 16.8 Å². The molecule has 5 heteroatoms. The van der Waals surface area contributed by atoms with Crippen LogP contribution in [0.5, 0.6) is 0 Å². The van der Waals surface area contributed by atoms with Crippen LogP contribution in [-0.2, 0) is 0 Å². The molecule has 0 heterocycles. The highest BCUT2D eigenvalue weighted by molar-refractivity contribution is 5.87. The minimum Gasteiger partial charge on any atom is -0.297 e. The molecule has 0 radical (unpaired) electrons. The monoisotopic (exact) mass is 290 g/mol. The molecule has 0 saturated heterocycles. The predicted molar refractivity (Wildman–Crippen MR) is 86.7 cm³/mol. The largest absolute Gasteiger partial charge is 0.377 e. The number of hydrogen-bond acceptors (Lipinski definition) is 3. The Hall–Kier alpha value is -3.21. The van der Waals surface area contributed by atoms with Crippen LogP contribution in [0.25, 0.3) is 21.9 Å². The number of amides is 2. The number of hydrazine groups is 1. The van der Waals surface area contributed by atoms with Gasteiger partial charge in [0.05, 0.1) is 5.69 Å². The summed E-state index contributed by atoms with van der Waals surface area (Å²) in [4.78, 5) is 10.9. The van der Waals surface area contributed by atoms with E-state index in [0.29, 0.717) is 0 Å². The Balaban J connectivity index is 1.81. The number of anilines is 1. The van der Waals surface area contributed by atoms with Gasteiger partial charge in [-0.1, -0.05) is 53.6 Å². The van der Waals surface area contributed by atoms with E-state index in [4.69, 9.17) is 5.53 Å². The number of nitrogens with zero attached hydrogens (tertiary/aromatic N) is 1. The highest BCUT2D eigenvalue weighted by Gasteiger charge is 2.01. The van der Waals surface area contributed by atoms with Crippen LogP contribution < -0.4 is 10.9 Å². The fraction of sp³-hybridized carbons (Fsp3) is 0. The Kier molecular flexibility index (Phi) is 3.78. The lowest BCUT2D eigenvalue weighted by molar-refractivity contribution is 0.249. The number of carbonyl (C=O) groups is 1. The first kappa shape index (κ1) is 13.8. The molecule has 0 bridgehead atoms. The van der Waals surface area contributed by atoms with Gasteiger partial charge in [0.15, 0.2) is 0 Å². The quantitative estimate of drug-likeness (QED) is 0.488. The molecule has 3 rings (SSSR count). The molecule has 108 valence electrons. The number of benzene rings is 3. The number of carbonyl (C=O) groups excluding carboxylic acids is 1. The maximum Gasteiger partial charge on any atom is 0.377 e. The van der Waals surface area contributed by atoms with Crippen molar-refractivity contribution in [1.29, 1.82) is 5.53 Å². The highest BCUT2D eigenvalue weighted by atomic mass is 16.2. The molecule has 3 N–H and O–H groups in total. The lowest BCUT2D eigenvalue weighted by Gasteiger charge is -2.08. The molecule has 0 unspecified atom stereocenters. The average molecular weight is 290 g/mol. The maximum absolute atomic E-state index is 10.9. The SMILES string of the molecule is N=NC(=O)NNc1ccc(-c2ccc3ccccc3c2)cc1. The Labute approximate surface area is 127 Å². The second-order valence-corrected chi connectivity index (χ2v) is 4.81. The van der Waals surface area contributed by atoms with Crippen LogP contribution in [0.1, 0.15) is 0 Å². The van der Waals surface area contributed by atoms with Gasteiger partial charge in [0, 0.05) is 0 Å². The van der Waals surface area contributed by atoms with Crippen LogP contribution in [0.3, 0.4) is 0 Å². The summed E-state index contributed by atoms with van der Waals surface area (Å²) in [5.41, 5.74) is 14.5. The summed E-state index contributed by atoms with van der Waals surface area (Å²) in [7, 11) is 0. The fourth-order valence-corrected chi connectivity index (χ4v) is 2.27. The third kappa shape index (κ3) is 2.93. The number of urea groups is 1. The van der Waals surface area contributed by atoms with E-state index in [9.17, 15) is 4.79 Å². The molecule has 5 nitrogen and oxygen atoms in total. The normalized spacial score (nSPS) is 10.2. The zero-order chi connectivity index (χ0) is 15.4. The molecule has 3 aromatic carbocycles. The van der Waals surface area contributed by atoms with Crippen molar-refractivity contribution in [3.05, 3.63) is 66.7 Å². The Bertz CT molecular complexity index is 827. The van der Waals surface area contributed by atoms with Gasteiger partial charge in [-0.05, 0) is 40.1 Å². The highest BCUT2D eigenvalue weighted by Crippen LogP contribution is 2.25. The van der Waals surface area contributed by atoms with Gasteiger partial charge in [-0.2, -0.15) is 5.53 Å². The van der Waals surface area contributed by atoms with Crippen molar-refractivity contribution in [3.63, 3.8) is 0 Å². The predicted octanol–water partition coefficient (Wildman–Crippen LogP) is 4.57. The van der Waals surface area contributed by atoms with E-state index in [-0.39, 0.29) is 0 Å². The van der Waals surface area contributed by atoms with Crippen LogP contribution in [-0.4, -0.2) is 6.03 Å². The Morgan fingerprint density at radius 3 is 2.27 bits per heavy atom. The van der Waals surface area contributed by atoms with Crippen molar-refractivity contribution in [1.82, 2.24) is 5.43 Å². The first-order valence-electron chi connectivity index (χ1n) is 6.79. The molecular formula is C17H14N4O. The zero-order valence-electron chi connectivity index (χ0n) is 11.7. The summed E-state index contributed by atoms with van der Waals surface area (Å²) in [5, 5.41) is 5.15. The number of fused-ring (bicyclic) bond motifs is 1. The molecule has 2 amide bonds. The molecule has 0 spiro atoms. The lowest BCUT2D eigenvalue weighted by Crippen LogP contribution is -2.25. The van der Waals surface area contributed by atoms with E-state index >= 15 is 0 Å². The van der Waals surface area contributed by atoms with Gasteiger partial charge in [-0.3, -0.25) is 5.43 Å². The van der Waals surface area contributed by atoms with Gasteiger partial charge < -0.3 is 0 Å². The molecule has 0 fully saturated rings. The Morgan fingerprint density at radius 2 is 1.55 bits per heavy atom. The van der Waals surface area contributed by atoms with Gasteiger partial charge in [0.25, 0.3) is 0 Å². The van der Waals surface area contributed by atoms with E-state index in [2.05, 4.69) is 46.3 Å². The van der Waals surface area contributed by atoms with E-state index in [1.54, 1.807) is 0 Å². The molecule has 0 saturated carbocycles. The lowest BCUT2D eigenvalue weighted by atomic mass is 10.0. The van der Waals surface area contributed by atoms with Crippen molar-refractivity contribution in [2.45, 2.75) is 0 Å². The van der Waals surface area contributed by atoms with Gasteiger partial charge >= 0.3 is 6.03 Å². The molecule has 0 aliphatic carbocycles. The third-order valence-electron chi connectivity index (χ3n) is 3.38. The Morgan fingerprint density at radius 1 is 0.864 bits per heavy atom. The average Bonchev–Trinajstić information content (AvgIpc) is 2.59. The van der Waals surface area contributed by atoms with Crippen molar-refractivity contribution < 1.29 is 4.79 Å². The molecule has 0 atom stereocenters. The van der Waals surface area contributed by atoms with Gasteiger partial charge in [0.1, 0.15) is 0 Å². The van der Waals surface area contributed by atoms with E-state index < -0.39 is 6.03 Å². The second-order valence-electron chi connectivity index (χ2n) is 4.81. The van der Waals surface area contributed by atoms with Crippen molar-refractivity contribution >= 4 is 22.5 Å². The van der Waals surface area contributed by atoms with Crippen LogP contribution in [0.15, 0.2) is 71.8 Å². The third-order valence-corrected chi connectivity index (χ3v) is 3.38. The van der Waals surface area contributed by atoms with Crippen molar-refractivity contribution in [3.8, 4) is 11.1 Å². The van der Waals surface area contributed by atoms with E-state index in [1.165, 1.54) is 10.8 Å². The summed E-state index contributed by atoms with van der Waals surface area (Å²) in [6.07, 6.45) is 0. The summed E-state index contributed by atoms with van der Waals surface area (Å²) in [6, 6.07) is 21.5. The maximum atomic E-state index is 10.9. The minimum atomic E-state index is -0.737. The van der Waals surface area contributed by atoms with Gasteiger partial charge in [0.2, 0.25) is 0 Å². The summed E-state index contributed by atoms with van der Waals surface area (Å²) >= 11 is 0.